The van der Waals surface area contributed by atoms with E-state index in [1.165, 1.54) is 0 Å². The Labute approximate surface area is 77.7 Å². The van der Waals surface area contributed by atoms with E-state index in [0.717, 1.165) is 12.2 Å². The largest absolute Gasteiger partial charge is 0.321 e. The smallest absolute Gasteiger partial charge is 0.161 e. The summed E-state index contributed by atoms with van der Waals surface area (Å²) in [5.41, 5.74) is 5.59. The first-order valence-corrected chi connectivity index (χ1v) is 5.47. The molecule has 0 spiro atoms. The van der Waals surface area contributed by atoms with Gasteiger partial charge in [-0.25, -0.2) is 0 Å². The van der Waals surface area contributed by atoms with Crippen LogP contribution in [0.3, 0.4) is 0 Å². The highest BCUT2D eigenvalue weighted by molar-refractivity contribution is 7.98. The van der Waals surface area contributed by atoms with Crippen molar-refractivity contribution in [2.75, 3.05) is 12.0 Å². The lowest BCUT2D eigenvalue weighted by Gasteiger charge is -2.10. The van der Waals surface area contributed by atoms with Crippen LogP contribution in [0.25, 0.3) is 0 Å². The summed E-state index contributed by atoms with van der Waals surface area (Å²) in [7, 11) is 0. The van der Waals surface area contributed by atoms with E-state index in [1.807, 2.05) is 6.26 Å². The Balaban J connectivity index is 3.64. The van der Waals surface area contributed by atoms with Crippen LogP contribution in [-0.2, 0) is 4.79 Å². The van der Waals surface area contributed by atoms with E-state index >= 15 is 0 Å². The van der Waals surface area contributed by atoms with Gasteiger partial charge < -0.3 is 5.73 Å². The van der Waals surface area contributed by atoms with Crippen LogP contribution in [0.15, 0.2) is 0 Å². The van der Waals surface area contributed by atoms with E-state index in [-0.39, 0.29) is 17.1 Å². The topological polar surface area (TPSA) is 43.1 Å². The summed E-state index contributed by atoms with van der Waals surface area (Å²) < 4.78 is 0. The summed E-state index contributed by atoms with van der Waals surface area (Å²) in [5.74, 6) is 0.982. The van der Waals surface area contributed by atoms with Crippen LogP contribution < -0.4 is 5.73 Å². The molecule has 2 nitrogen and oxygen atoms in total. The molecule has 0 radical (unpaired) electrons. The molecular formula is C7H15NOS2. The predicted molar refractivity (Wildman–Crippen MR) is 54.4 cm³/mol. The zero-order valence-corrected chi connectivity index (χ0v) is 8.62. The van der Waals surface area contributed by atoms with Gasteiger partial charge in [-0.3, -0.25) is 4.79 Å². The Bertz CT molecular complexity index is 128. The second-order valence-electron chi connectivity index (χ2n) is 2.47. The molecule has 0 heterocycles. The van der Waals surface area contributed by atoms with E-state index in [1.54, 1.807) is 18.7 Å². The van der Waals surface area contributed by atoms with Gasteiger partial charge in [0.15, 0.2) is 5.78 Å². The number of carbonyl (C=O) groups excluding carboxylic acids is 1. The zero-order chi connectivity index (χ0) is 8.85. The van der Waals surface area contributed by atoms with Gasteiger partial charge >= 0.3 is 0 Å². The van der Waals surface area contributed by atoms with Crippen molar-refractivity contribution in [3.63, 3.8) is 0 Å². The molecule has 0 rings (SSSR count). The fourth-order valence-corrected chi connectivity index (χ4v) is 1.38. The van der Waals surface area contributed by atoms with Crippen molar-refractivity contribution in [3.05, 3.63) is 0 Å². The van der Waals surface area contributed by atoms with Crippen molar-refractivity contribution in [2.45, 2.75) is 24.6 Å². The van der Waals surface area contributed by atoms with Gasteiger partial charge in [0.1, 0.15) is 0 Å². The highest BCUT2D eigenvalue weighted by atomic mass is 32.2. The molecule has 0 aliphatic heterocycles. The van der Waals surface area contributed by atoms with Gasteiger partial charge in [0.05, 0.1) is 11.3 Å². The molecule has 0 aromatic carbocycles. The number of hydrogen-bond donors (Lipinski definition) is 2. The number of hydrogen-bond acceptors (Lipinski definition) is 4. The number of carbonyl (C=O) groups is 1. The molecule has 2 atom stereocenters. The lowest BCUT2D eigenvalue weighted by molar-refractivity contribution is -0.119. The number of nitrogens with two attached hydrogens (primary N) is 1. The fraction of sp³-hybridized carbons (Fsp3) is 0.857. The standard InChI is InChI=1S/C7H15NOS2/c1-5(10)7(9)6(8)3-4-11-2/h5-6,10H,3-4,8H2,1-2H3/t5?,6-/m0/s1. The molecule has 2 N–H and O–H groups in total. The van der Waals surface area contributed by atoms with Gasteiger partial charge in [-0.05, 0) is 25.4 Å². The van der Waals surface area contributed by atoms with E-state index in [0.29, 0.717) is 0 Å². The highest BCUT2D eigenvalue weighted by Crippen LogP contribution is 2.04. The van der Waals surface area contributed by atoms with Crippen LogP contribution in [-0.4, -0.2) is 29.1 Å². The summed E-state index contributed by atoms with van der Waals surface area (Å²) >= 11 is 5.72. The monoisotopic (exact) mass is 193 g/mol. The van der Waals surface area contributed by atoms with Gasteiger partial charge in [-0.2, -0.15) is 24.4 Å². The lowest BCUT2D eigenvalue weighted by Crippen LogP contribution is -2.35. The van der Waals surface area contributed by atoms with Gasteiger partial charge in [0, 0.05) is 0 Å². The van der Waals surface area contributed by atoms with E-state index < -0.39 is 0 Å². The molecule has 0 aliphatic rings. The first kappa shape index (κ1) is 11.3. The Hall–Kier alpha value is 0.330. The predicted octanol–water partition coefficient (Wildman–Crippen LogP) is 0.954. The first-order chi connectivity index (χ1) is 5.09. The molecule has 4 heteroatoms. The summed E-state index contributed by atoms with van der Waals surface area (Å²) in [6, 6.07) is -0.324. The van der Waals surface area contributed by atoms with E-state index in [2.05, 4.69) is 12.6 Å². The maximum absolute atomic E-state index is 11.1. The van der Waals surface area contributed by atoms with Crippen molar-refractivity contribution in [3.8, 4) is 0 Å². The second kappa shape index (κ2) is 5.91. The van der Waals surface area contributed by atoms with Crippen molar-refractivity contribution in [2.24, 2.45) is 5.73 Å². The van der Waals surface area contributed by atoms with Crippen LogP contribution >= 0.6 is 24.4 Å². The molecule has 11 heavy (non-hydrogen) atoms. The van der Waals surface area contributed by atoms with Crippen LogP contribution in [0.1, 0.15) is 13.3 Å². The van der Waals surface area contributed by atoms with Gasteiger partial charge in [0.25, 0.3) is 0 Å². The fourth-order valence-electron chi connectivity index (χ4n) is 0.697. The number of thiol groups is 1. The Kier molecular flexibility index (Phi) is 6.09. The van der Waals surface area contributed by atoms with Gasteiger partial charge in [-0.15, -0.1) is 0 Å². The molecule has 0 aromatic rings. The van der Waals surface area contributed by atoms with Crippen molar-refractivity contribution in [1.82, 2.24) is 0 Å². The van der Waals surface area contributed by atoms with Gasteiger partial charge in [-0.1, -0.05) is 0 Å². The van der Waals surface area contributed by atoms with Crippen LogP contribution in [0.4, 0.5) is 0 Å². The van der Waals surface area contributed by atoms with E-state index in [9.17, 15) is 4.79 Å². The Morgan fingerprint density at radius 2 is 2.27 bits per heavy atom. The Morgan fingerprint density at radius 3 is 2.64 bits per heavy atom. The summed E-state index contributed by atoms with van der Waals surface area (Å²) in [6.07, 6.45) is 2.76. The first-order valence-electron chi connectivity index (χ1n) is 3.56. The van der Waals surface area contributed by atoms with Crippen molar-refractivity contribution < 1.29 is 4.79 Å². The number of Topliss-reactive ketones (excluding diaryl/α,β-unsaturated/α-hetero) is 1. The van der Waals surface area contributed by atoms with E-state index in [4.69, 9.17) is 5.73 Å². The third kappa shape index (κ3) is 4.71. The molecule has 0 bridgehead atoms. The molecule has 0 fully saturated rings. The average molecular weight is 193 g/mol. The quantitative estimate of drug-likeness (QED) is 0.639. The average Bonchev–Trinajstić information content (AvgIpc) is 1.98. The molecular weight excluding hydrogens is 178 g/mol. The Morgan fingerprint density at radius 1 is 1.73 bits per heavy atom. The molecule has 0 amide bonds. The molecule has 0 saturated heterocycles. The minimum atomic E-state index is -0.324. The number of ketones is 1. The normalized spacial score (nSPS) is 16.0. The molecule has 66 valence electrons. The maximum atomic E-state index is 11.1. The second-order valence-corrected chi connectivity index (χ2v) is 4.23. The van der Waals surface area contributed by atoms with Crippen molar-refractivity contribution in [1.29, 1.82) is 0 Å². The maximum Gasteiger partial charge on any atom is 0.161 e. The summed E-state index contributed by atoms with van der Waals surface area (Å²) in [4.78, 5) is 11.1. The third-order valence-corrected chi connectivity index (χ3v) is 2.31. The van der Waals surface area contributed by atoms with Gasteiger partial charge in [0.2, 0.25) is 0 Å². The van der Waals surface area contributed by atoms with Crippen molar-refractivity contribution >= 4 is 30.2 Å². The van der Waals surface area contributed by atoms with Crippen LogP contribution in [0.5, 0.6) is 0 Å². The summed E-state index contributed by atoms with van der Waals surface area (Å²) in [5, 5.41) is -0.230. The van der Waals surface area contributed by atoms with Crippen LogP contribution in [0.2, 0.25) is 0 Å². The van der Waals surface area contributed by atoms with Crippen LogP contribution in [0, 0.1) is 0 Å². The minimum absolute atomic E-state index is 0.0439. The molecule has 0 aliphatic carbocycles. The molecule has 1 unspecified atom stereocenters. The summed E-state index contributed by atoms with van der Waals surface area (Å²) in [6.45, 7) is 1.75. The third-order valence-electron chi connectivity index (χ3n) is 1.41. The molecule has 0 aromatic heterocycles. The SMILES string of the molecule is CSCC[C@H](N)C(=O)C(C)S. The highest BCUT2D eigenvalue weighted by Gasteiger charge is 2.16. The number of rotatable bonds is 5. The number of thioether (sulfide) groups is 1. The zero-order valence-electron chi connectivity index (χ0n) is 6.91. The molecule has 0 saturated carbocycles. The lowest BCUT2D eigenvalue weighted by atomic mass is 10.1. The minimum Gasteiger partial charge on any atom is -0.321 e.